The lowest BCUT2D eigenvalue weighted by Gasteiger charge is -2.21. The molecule has 11 heteroatoms. The number of phenolic OH excluding ortho intramolecular Hbond substituents is 3. The molecule has 3 N–H and O–H groups in total. The minimum Gasteiger partial charge on any atom is -0.508 e. The molecule has 0 aliphatic rings. The highest BCUT2D eigenvalue weighted by Gasteiger charge is 2.21. The van der Waals surface area contributed by atoms with Crippen LogP contribution >= 0.6 is 0 Å². The van der Waals surface area contributed by atoms with Crippen LogP contribution in [0.2, 0.25) is 0 Å². The van der Waals surface area contributed by atoms with Crippen LogP contribution in [0, 0.1) is 5.92 Å². The van der Waals surface area contributed by atoms with E-state index in [1.807, 2.05) is 95.3 Å². The van der Waals surface area contributed by atoms with Crippen molar-refractivity contribution in [3.8, 4) is 28.7 Å². The van der Waals surface area contributed by atoms with Crippen LogP contribution in [0.15, 0.2) is 182 Å². The third-order valence-electron chi connectivity index (χ3n) is 16.9. The van der Waals surface area contributed by atoms with Crippen molar-refractivity contribution in [2.45, 2.75) is 283 Å². The van der Waals surface area contributed by atoms with Gasteiger partial charge in [-0.2, -0.15) is 0 Å². The number of esters is 1. The summed E-state index contributed by atoms with van der Waals surface area (Å²) in [4.78, 5) is 34.1. The Morgan fingerprint density at radius 2 is 0.470 bits per heavy atom. The van der Waals surface area contributed by atoms with E-state index in [0.717, 1.165) is 38.5 Å². The molecule has 7 rings (SSSR count). The second-order valence-electron chi connectivity index (χ2n) is 28.9. The van der Waals surface area contributed by atoms with Crippen LogP contribution in [0.1, 0.15) is 305 Å². The average molecular weight is 1380 g/mol. The summed E-state index contributed by atoms with van der Waals surface area (Å²) in [5.74, 6) is 6.21. The van der Waals surface area contributed by atoms with E-state index in [1.165, 1.54) is 51.8 Å². The van der Waals surface area contributed by atoms with E-state index < -0.39 is 23.5 Å². The molecule has 7 aromatic rings. The molecule has 554 valence electrons. The van der Waals surface area contributed by atoms with E-state index in [4.69, 9.17) is 39.0 Å². The summed E-state index contributed by atoms with van der Waals surface area (Å²) in [6.07, 6.45) is 7.57. The fourth-order valence-corrected chi connectivity index (χ4v) is 8.65. The Morgan fingerprint density at radius 1 is 0.280 bits per heavy atom. The Morgan fingerprint density at radius 3 is 0.650 bits per heavy atom. The van der Waals surface area contributed by atoms with E-state index in [2.05, 4.69) is 158 Å². The molecule has 11 nitrogen and oxygen atoms in total. The highest BCUT2D eigenvalue weighted by atomic mass is 16.7. The molecule has 8 atom stereocenters. The Hall–Kier alpha value is -8.05. The van der Waals surface area contributed by atoms with Crippen molar-refractivity contribution in [3.05, 3.63) is 221 Å². The lowest BCUT2D eigenvalue weighted by Crippen LogP contribution is -2.27. The van der Waals surface area contributed by atoms with Crippen molar-refractivity contribution in [3.63, 3.8) is 0 Å². The van der Waals surface area contributed by atoms with Crippen LogP contribution in [0.5, 0.6) is 28.7 Å². The molecular weight excluding hydrogens is 1240 g/mol. The second kappa shape index (κ2) is 49.5. The molecule has 0 spiro atoms. The Bertz CT molecular complexity index is 2950. The van der Waals surface area contributed by atoms with Gasteiger partial charge in [-0.25, -0.2) is 9.59 Å². The maximum atomic E-state index is 11.5. The van der Waals surface area contributed by atoms with Gasteiger partial charge in [-0.1, -0.05) is 232 Å². The van der Waals surface area contributed by atoms with Crippen LogP contribution in [-0.2, 0) is 19.0 Å². The molecule has 0 saturated carbocycles. The lowest BCUT2D eigenvalue weighted by atomic mass is 9.99. The molecule has 0 aliphatic carbocycles. The highest BCUT2D eigenvalue weighted by Crippen LogP contribution is 2.27. The van der Waals surface area contributed by atoms with Gasteiger partial charge >= 0.3 is 18.3 Å². The minimum atomic E-state index is -0.668. The summed E-state index contributed by atoms with van der Waals surface area (Å²) < 4.78 is 25.5. The van der Waals surface area contributed by atoms with Gasteiger partial charge in [-0.15, -0.1) is 0 Å². The molecule has 0 amide bonds. The highest BCUT2D eigenvalue weighted by molar-refractivity contribution is 5.72. The molecule has 0 saturated heterocycles. The molecule has 8 unspecified atom stereocenters. The van der Waals surface area contributed by atoms with Crippen molar-refractivity contribution in [2.75, 3.05) is 0 Å². The predicted molar refractivity (Wildman–Crippen MR) is 420 cm³/mol. The van der Waals surface area contributed by atoms with Crippen molar-refractivity contribution < 1.29 is 53.4 Å². The number of carbonyl (C=O) groups excluding carboxylic acids is 3. The van der Waals surface area contributed by atoms with Gasteiger partial charge in [0.2, 0.25) is 0 Å². The largest absolute Gasteiger partial charge is 0.514 e. The third kappa shape index (κ3) is 42.8. The van der Waals surface area contributed by atoms with Crippen LogP contribution in [-0.4, -0.2) is 50.4 Å². The zero-order valence-electron chi connectivity index (χ0n) is 66.2. The fraction of sp³-hybridized carbons (Fsp3) is 0.494. The summed E-state index contributed by atoms with van der Waals surface area (Å²) in [5, 5.41) is 27.0. The maximum absolute atomic E-state index is 11.5. The third-order valence-corrected chi connectivity index (χ3v) is 16.9. The topological polar surface area (TPSA) is 158 Å². The smallest absolute Gasteiger partial charge is 0.508 e. The first-order valence-corrected chi connectivity index (χ1v) is 36.6. The molecule has 0 heterocycles. The normalized spacial score (nSPS) is 13.1. The summed E-state index contributed by atoms with van der Waals surface area (Å²) in [6, 6.07) is 58.7. The fourth-order valence-electron chi connectivity index (χ4n) is 8.65. The molecule has 0 fully saturated rings. The van der Waals surface area contributed by atoms with Crippen LogP contribution in [0.25, 0.3) is 0 Å². The Labute approximate surface area is 606 Å². The number of hydrogen-bond donors (Lipinski definition) is 3. The van der Waals surface area contributed by atoms with Gasteiger partial charge in [0.1, 0.15) is 45.6 Å². The first-order chi connectivity index (χ1) is 46.9. The zero-order chi connectivity index (χ0) is 76.2. The molecule has 0 aliphatic heterocycles. The molecule has 7 aromatic carbocycles. The summed E-state index contributed by atoms with van der Waals surface area (Å²) in [5.41, 5.74) is 7.86. The standard InChI is InChI=1S/2C15H22O3.3C10H14O.2C10H14.C9H18O2/c2*1-6-11(2)12-7-9-13(10-8-12)17-14(16)18-15(3,4)5;3*1-3-8(2)9-4-6-10(11)7-5-9;2*1-3-9(2)10-7-5-4-6-8-10;1-6-7(2)8(10)11-9(3,4)5/h2*7-11H,6H2,1-5H3;3*4-8,11H,3H2,1-2H3;2*4-9H,3H2,1-2H3;7H,6H2,1-5H3. The van der Waals surface area contributed by atoms with Gasteiger partial charge in [0, 0.05) is 0 Å². The van der Waals surface area contributed by atoms with Crippen molar-refractivity contribution in [1.82, 2.24) is 0 Å². The van der Waals surface area contributed by atoms with Crippen LogP contribution in [0.3, 0.4) is 0 Å². The maximum Gasteiger partial charge on any atom is 0.514 e. The zero-order valence-corrected chi connectivity index (χ0v) is 66.2. The average Bonchev–Trinajstić information content (AvgIpc) is 0.967. The summed E-state index contributed by atoms with van der Waals surface area (Å²) in [7, 11) is 0. The van der Waals surface area contributed by atoms with Gasteiger partial charge in [-0.05, 0) is 255 Å². The summed E-state index contributed by atoms with van der Waals surface area (Å²) in [6.45, 7) is 51.0. The van der Waals surface area contributed by atoms with Crippen LogP contribution < -0.4 is 9.47 Å². The number of phenols is 3. The first kappa shape index (κ1) is 92.0. The van der Waals surface area contributed by atoms with E-state index in [-0.39, 0.29) is 17.5 Å². The quantitative estimate of drug-likeness (QED) is 0.0427. The monoisotopic (exact) mass is 1380 g/mol. The number of hydrogen-bond acceptors (Lipinski definition) is 11. The molecule has 0 bridgehead atoms. The van der Waals surface area contributed by atoms with Gasteiger partial charge in [0.05, 0.1) is 5.92 Å². The SMILES string of the molecule is CCC(C)C(=O)OC(C)(C)C.CCC(C)c1ccc(O)cc1.CCC(C)c1ccc(O)cc1.CCC(C)c1ccc(O)cc1.CCC(C)c1ccc(OC(=O)OC(C)(C)C)cc1.CCC(C)c1ccc(OC(=O)OC(C)(C)C)cc1.CCC(C)c1ccccc1.CCC(C)c1ccccc1. The van der Waals surface area contributed by atoms with E-state index >= 15 is 0 Å². The van der Waals surface area contributed by atoms with E-state index in [9.17, 15) is 14.4 Å². The van der Waals surface area contributed by atoms with Gasteiger partial charge in [0.25, 0.3) is 0 Å². The van der Waals surface area contributed by atoms with Gasteiger partial charge < -0.3 is 39.0 Å². The van der Waals surface area contributed by atoms with E-state index in [1.54, 1.807) is 102 Å². The summed E-state index contributed by atoms with van der Waals surface area (Å²) >= 11 is 0. The second-order valence-corrected chi connectivity index (χ2v) is 28.9. The van der Waals surface area contributed by atoms with Gasteiger partial charge in [-0.3, -0.25) is 4.79 Å². The number of aromatic hydroxyl groups is 3. The minimum absolute atomic E-state index is 0.0224. The number of rotatable bonds is 18. The number of benzene rings is 7. The first-order valence-electron chi connectivity index (χ1n) is 36.6. The predicted octanol–water partition coefficient (Wildman–Crippen LogP) is 26.5. The van der Waals surface area contributed by atoms with Crippen molar-refractivity contribution in [2.24, 2.45) is 5.92 Å². The van der Waals surface area contributed by atoms with Gasteiger partial charge in [0.15, 0.2) is 0 Å². The molecule has 0 aromatic heterocycles. The lowest BCUT2D eigenvalue weighted by molar-refractivity contribution is -0.159. The molecule has 0 radical (unpaired) electrons. The molecule has 100 heavy (non-hydrogen) atoms. The Balaban J connectivity index is 0.00000113. The Kier molecular flexibility index (Phi) is 45.5. The number of carbonyl (C=O) groups is 3. The van der Waals surface area contributed by atoms with Crippen molar-refractivity contribution >= 4 is 18.3 Å². The van der Waals surface area contributed by atoms with Crippen molar-refractivity contribution in [1.29, 1.82) is 0 Å². The van der Waals surface area contributed by atoms with Crippen LogP contribution in [0.4, 0.5) is 9.59 Å². The number of ether oxygens (including phenoxy) is 5. The molecular formula is C89H132O11. The van der Waals surface area contributed by atoms with E-state index in [0.29, 0.717) is 70.2 Å².